The van der Waals surface area contributed by atoms with Crippen LogP contribution in [0, 0.1) is 5.92 Å². The Morgan fingerprint density at radius 2 is 1.90 bits per heavy atom. The lowest BCUT2D eigenvalue weighted by atomic mass is 10.1. The number of aromatic nitrogens is 1. The molecule has 120 valence electrons. The average molecular weight is 293 g/mol. The number of hydrogen-bond donors (Lipinski definition) is 1. The smallest absolute Gasteiger partial charge is 0.129 e. The maximum Gasteiger partial charge on any atom is 0.129 e. The topological polar surface area (TPSA) is 39.6 Å². The third kappa shape index (κ3) is 6.44. The number of hydrogen-bond acceptors (Lipinski definition) is 4. The Kier molecular flexibility index (Phi) is 7.68. The molecule has 4 nitrogen and oxygen atoms in total. The molecule has 0 bridgehead atoms. The molecule has 0 spiro atoms. The molecule has 0 aliphatic heterocycles. The molecular formula is C17H31N3O. The van der Waals surface area contributed by atoms with Crippen LogP contribution >= 0.6 is 0 Å². The molecular weight excluding hydrogens is 262 g/mol. The van der Waals surface area contributed by atoms with Crippen molar-refractivity contribution in [2.45, 2.75) is 40.2 Å². The van der Waals surface area contributed by atoms with E-state index in [4.69, 9.17) is 4.98 Å². The van der Waals surface area contributed by atoms with E-state index < -0.39 is 0 Å². The Labute approximate surface area is 129 Å². The minimum atomic E-state index is 0.0788. The summed E-state index contributed by atoms with van der Waals surface area (Å²) in [5, 5.41) is 9.48. The van der Waals surface area contributed by atoms with Gasteiger partial charge in [0.2, 0.25) is 0 Å². The van der Waals surface area contributed by atoms with Crippen LogP contribution in [0.25, 0.3) is 0 Å². The van der Waals surface area contributed by atoms with Gasteiger partial charge in [-0.2, -0.15) is 0 Å². The molecule has 4 heteroatoms. The number of aliphatic hydroxyl groups is 1. The second-order valence-corrected chi connectivity index (χ2v) is 6.38. The van der Waals surface area contributed by atoms with E-state index in [0.717, 1.165) is 49.6 Å². The Morgan fingerprint density at radius 3 is 2.43 bits per heavy atom. The lowest BCUT2D eigenvalue weighted by Gasteiger charge is -2.28. The first-order valence-corrected chi connectivity index (χ1v) is 7.96. The van der Waals surface area contributed by atoms with Gasteiger partial charge in [0.25, 0.3) is 0 Å². The maximum absolute atomic E-state index is 9.48. The predicted molar refractivity (Wildman–Crippen MR) is 89.8 cm³/mol. The second-order valence-electron chi connectivity index (χ2n) is 6.38. The molecule has 0 radical (unpaired) electrons. The lowest BCUT2D eigenvalue weighted by molar-refractivity contribution is 0.281. The highest BCUT2D eigenvalue weighted by Gasteiger charge is 2.12. The van der Waals surface area contributed by atoms with Crippen molar-refractivity contribution in [1.82, 2.24) is 9.88 Å². The Hall–Kier alpha value is -1.13. The molecule has 1 N–H and O–H groups in total. The zero-order valence-electron chi connectivity index (χ0n) is 14.3. The van der Waals surface area contributed by atoms with E-state index in [0.29, 0.717) is 5.92 Å². The van der Waals surface area contributed by atoms with Gasteiger partial charge in [0.05, 0.1) is 6.61 Å². The Morgan fingerprint density at radius 1 is 1.19 bits per heavy atom. The van der Waals surface area contributed by atoms with Gasteiger partial charge < -0.3 is 14.9 Å². The van der Waals surface area contributed by atoms with Crippen molar-refractivity contribution in [3.05, 3.63) is 23.4 Å². The molecule has 0 aliphatic rings. The summed E-state index contributed by atoms with van der Waals surface area (Å²) in [4.78, 5) is 9.33. The second kappa shape index (κ2) is 9.00. The summed E-state index contributed by atoms with van der Waals surface area (Å²) in [5.74, 6) is 1.59. The molecule has 0 amide bonds. The third-order valence-electron chi connectivity index (χ3n) is 3.34. The fourth-order valence-corrected chi connectivity index (χ4v) is 2.33. The van der Waals surface area contributed by atoms with Crippen LogP contribution in [0.4, 0.5) is 5.82 Å². The number of pyridine rings is 1. The van der Waals surface area contributed by atoms with Crippen molar-refractivity contribution in [2.75, 3.05) is 38.6 Å². The number of likely N-dealkylation sites (N-methyl/N-ethyl adjacent to an activating group) is 1. The summed E-state index contributed by atoms with van der Waals surface area (Å²) in [6.07, 6.45) is 2.03. The molecule has 0 saturated carbocycles. The quantitative estimate of drug-likeness (QED) is 0.759. The van der Waals surface area contributed by atoms with Crippen LogP contribution in [0.3, 0.4) is 0 Å². The molecule has 0 aromatic carbocycles. The zero-order valence-corrected chi connectivity index (χ0v) is 14.3. The normalized spacial score (nSPS) is 11.4. The number of rotatable bonds is 9. The van der Waals surface area contributed by atoms with Gasteiger partial charge in [0.1, 0.15) is 5.82 Å². The fourth-order valence-electron chi connectivity index (χ4n) is 2.33. The van der Waals surface area contributed by atoms with Crippen molar-refractivity contribution in [1.29, 1.82) is 0 Å². The molecule has 0 saturated heterocycles. The van der Waals surface area contributed by atoms with Crippen molar-refractivity contribution >= 4 is 5.82 Å². The minimum Gasteiger partial charge on any atom is -0.392 e. The van der Waals surface area contributed by atoms with E-state index in [1.165, 1.54) is 0 Å². The van der Waals surface area contributed by atoms with Gasteiger partial charge in [-0.1, -0.05) is 27.2 Å². The molecule has 0 unspecified atom stereocenters. The highest BCUT2D eigenvalue weighted by atomic mass is 16.3. The molecule has 0 fully saturated rings. The summed E-state index contributed by atoms with van der Waals surface area (Å²) in [5.41, 5.74) is 2.04. The van der Waals surface area contributed by atoms with Gasteiger partial charge >= 0.3 is 0 Å². The SMILES string of the molecule is CCCc1cc(CO)cc(N(CCN(C)C)CC(C)C)n1. The number of nitrogens with zero attached hydrogens (tertiary/aromatic N) is 3. The first-order chi connectivity index (χ1) is 9.96. The number of aryl methyl sites for hydroxylation is 1. The molecule has 1 aromatic rings. The van der Waals surface area contributed by atoms with Crippen LogP contribution < -0.4 is 4.90 Å². The minimum absolute atomic E-state index is 0.0788. The largest absolute Gasteiger partial charge is 0.392 e. The predicted octanol–water partition coefficient (Wildman–Crippen LogP) is 2.55. The monoisotopic (exact) mass is 293 g/mol. The Balaban J connectivity index is 3.00. The number of anilines is 1. The van der Waals surface area contributed by atoms with Gasteiger partial charge in [-0.25, -0.2) is 4.98 Å². The van der Waals surface area contributed by atoms with E-state index in [2.05, 4.69) is 44.7 Å². The van der Waals surface area contributed by atoms with E-state index in [1.807, 2.05) is 12.1 Å². The molecule has 0 aliphatic carbocycles. The van der Waals surface area contributed by atoms with Crippen LogP contribution in [-0.2, 0) is 13.0 Å². The van der Waals surface area contributed by atoms with Crippen molar-refractivity contribution < 1.29 is 5.11 Å². The van der Waals surface area contributed by atoms with Crippen molar-refractivity contribution in [3.63, 3.8) is 0 Å². The maximum atomic E-state index is 9.48. The summed E-state index contributed by atoms with van der Waals surface area (Å²) < 4.78 is 0. The first kappa shape index (κ1) is 17.9. The van der Waals surface area contributed by atoms with Gasteiger partial charge in [-0.05, 0) is 44.1 Å². The number of aliphatic hydroxyl groups excluding tert-OH is 1. The van der Waals surface area contributed by atoms with E-state index in [-0.39, 0.29) is 6.61 Å². The average Bonchev–Trinajstić information content (AvgIpc) is 2.42. The summed E-state index contributed by atoms with van der Waals surface area (Å²) in [7, 11) is 4.18. The van der Waals surface area contributed by atoms with Crippen LogP contribution in [0.1, 0.15) is 38.4 Å². The van der Waals surface area contributed by atoms with Gasteiger partial charge in [-0.3, -0.25) is 0 Å². The van der Waals surface area contributed by atoms with E-state index >= 15 is 0 Å². The molecule has 0 atom stereocenters. The highest BCUT2D eigenvalue weighted by molar-refractivity contribution is 5.43. The standard InChI is InChI=1S/C17H31N3O/c1-6-7-16-10-15(13-21)11-17(18-16)20(12-14(2)3)9-8-19(4)5/h10-11,14,21H,6-9,12-13H2,1-5H3. The summed E-state index contributed by atoms with van der Waals surface area (Å²) >= 11 is 0. The van der Waals surface area contributed by atoms with Crippen molar-refractivity contribution in [2.24, 2.45) is 5.92 Å². The molecule has 1 aromatic heterocycles. The lowest BCUT2D eigenvalue weighted by Crippen LogP contribution is -2.35. The van der Waals surface area contributed by atoms with Crippen LogP contribution in [-0.4, -0.2) is 48.7 Å². The van der Waals surface area contributed by atoms with E-state index in [9.17, 15) is 5.11 Å². The van der Waals surface area contributed by atoms with E-state index in [1.54, 1.807) is 0 Å². The zero-order chi connectivity index (χ0) is 15.8. The van der Waals surface area contributed by atoms with Crippen LogP contribution in [0.5, 0.6) is 0 Å². The van der Waals surface area contributed by atoms with Crippen molar-refractivity contribution in [3.8, 4) is 0 Å². The molecule has 1 heterocycles. The summed E-state index contributed by atoms with van der Waals surface area (Å²) in [6, 6.07) is 4.05. The van der Waals surface area contributed by atoms with Gasteiger partial charge in [0, 0.05) is 25.3 Å². The fraction of sp³-hybridized carbons (Fsp3) is 0.706. The van der Waals surface area contributed by atoms with Crippen LogP contribution in [0.2, 0.25) is 0 Å². The Bertz CT molecular complexity index is 418. The highest BCUT2D eigenvalue weighted by Crippen LogP contribution is 2.18. The first-order valence-electron chi connectivity index (χ1n) is 7.96. The molecule has 21 heavy (non-hydrogen) atoms. The van der Waals surface area contributed by atoms with Gasteiger partial charge in [-0.15, -0.1) is 0 Å². The van der Waals surface area contributed by atoms with Gasteiger partial charge in [0.15, 0.2) is 0 Å². The third-order valence-corrected chi connectivity index (χ3v) is 3.34. The molecule has 1 rings (SSSR count). The summed E-state index contributed by atoms with van der Waals surface area (Å²) in [6.45, 7) is 9.64. The van der Waals surface area contributed by atoms with Crippen LogP contribution in [0.15, 0.2) is 12.1 Å².